The molecule has 24 heavy (non-hydrogen) atoms. The number of hydrazone groups is 1. The van der Waals surface area contributed by atoms with Crippen LogP contribution in [-0.2, 0) is 11.3 Å². The van der Waals surface area contributed by atoms with Crippen molar-refractivity contribution in [1.29, 1.82) is 0 Å². The van der Waals surface area contributed by atoms with Crippen molar-refractivity contribution in [3.8, 4) is 0 Å². The molecular formula is C16H21N7O. The smallest absolute Gasteiger partial charge is 0.261 e. The molecule has 0 fully saturated rings. The minimum Gasteiger partial charge on any atom is -0.367 e. The SMILES string of the molecule is C/C(C=NNC(=O)Cn1nnnc1N)=C\c1ccc(C(C)C)cc1. The normalized spacial score (nSPS) is 12.1. The van der Waals surface area contributed by atoms with Crippen LogP contribution in [0.2, 0.25) is 0 Å². The molecule has 3 N–H and O–H groups in total. The summed E-state index contributed by atoms with van der Waals surface area (Å²) >= 11 is 0. The highest BCUT2D eigenvalue weighted by Gasteiger charge is 2.06. The highest BCUT2D eigenvalue weighted by atomic mass is 16.2. The Morgan fingerprint density at radius 1 is 1.38 bits per heavy atom. The minimum atomic E-state index is -0.362. The highest BCUT2D eigenvalue weighted by Crippen LogP contribution is 2.15. The third-order valence-corrected chi connectivity index (χ3v) is 3.31. The third-order valence-electron chi connectivity index (χ3n) is 3.31. The molecule has 0 aliphatic carbocycles. The van der Waals surface area contributed by atoms with E-state index < -0.39 is 0 Å². The first-order chi connectivity index (χ1) is 11.5. The summed E-state index contributed by atoms with van der Waals surface area (Å²) < 4.78 is 1.18. The van der Waals surface area contributed by atoms with E-state index in [1.54, 1.807) is 6.21 Å². The molecule has 0 saturated carbocycles. The van der Waals surface area contributed by atoms with Gasteiger partial charge in [0, 0.05) is 0 Å². The molecule has 1 amide bonds. The van der Waals surface area contributed by atoms with Gasteiger partial charge in [-0.15, -0.1) is 0 Å². The topological polar surface area (TPSA) is 111 Å². The molecule has 0 radical (unpaired) electrons. The standard InChI is InChI=1S/C16H21N7O/c1-11(2)14-6-4-13(5-7-14)8-12(3)9-18-19-15(24)10-23-16(17)20-21-22-23/h4-9,11H,10H2,1-3H3,(H,19,24)(H2,17,20,22)/b12-8+,18-9?. The molecule has 0 atom stereocenters. The van der Waals surface area contributed by atoms with Crippen molar-refractivity contribution in [2.24, 2.45) is 5.10 Å². The lowest BCUT2D eigenvalue weighted by atomic mass is 10.0. The second kappa shape index (κ2) is 8.00. The maximum atomic E-state index is 11.7. The van der Waals surface area contributed by atoms with Crippen molar-refractivity contribution in [3.63, 3.8) is 0 Å². The molecule has 0 saturated heterocycles. The van der Waals surface area contributed by atoms with E-state index in [9.17, 15) is 4.79 Å². The Morgan fingerprint density at radius 2 is 2.08 bits per heavy atom. The molecule has 0 aliphatic rings. The van der Waals surface area contributed by atoms with E-state index in [0.717, 1.165) is 11.1 Å². The van der Waals surface area contributed by atoms with Crippen LogP contribution in [0.3, 0.4) is 0 Å². The Hall–Kier alpha value is -3.03. The monoisotopic (exact) mass is 327 g/mol. The summed E-state index contributed by atoms with van der Waals surface area (Å²) in [6.45, 7) is 6.14. The number of hydrogen-bond acceptors (Lipinski definition) is 6. The average molecular weight is 327 g/mol. The van der Waals surface area contributed by atoms with Gasteiger partial charge in [0.15, 0.2) is 0 Å². The number of carbonyl (C=O) groups excluding carboxylic acids is 1. The number of hydrogen-bond donors (Lipinski definition) is 2. The van der Waals surface area contributed by atoms with Gasteiger partial charge in [-0.1, -0.05) is 49.3 Å². The fraction of sp³-hybridized carbons (Fsp3) is 0.312. The lowest BCUT2D eigenvalue weighted by Gasteiger charge is -2.05. The summed E-state index contributed by atoms with van der Waals surface area (Å²) in [5.74, 6) is 0.226. The zero-order chi connectivity index (χ0) is 17.5. The number of rotatable bonds is 6. The predicted octanol–water partition coefficient (Wildman–Crippen LogP) is 1.58. The molecule has 8 nitrogen and oxygen atoms in total. The molecule has 0 unspecified atom stereocenters. The van der Waals surface area contributed by atoms with Gasteiger partial charge < -0.3 is 5.73 Å². The van der Waals surface area contributed by atoms with Crippen molar-refractivity contribution in [2.45, 2.75) is 33.2 Å². The van der Waals surface area contributed by atoms with E-state index in [4.69, 9.17) is 5.73 Å². The Morgan fingerprint density at radius 3 is 2.67 bits per heavy atom. The van der Waals surface area contributed by atoms with Crippen LogP contribution in [-0.4, -0.2) is 32.3 Å². The average Bonchev–Trinajstić information content (AvgIpc) is 2.93. The van der Waals surface area contributed by atoms with Crippen LogP contribution in [0.1, 0.15) is 37.8 Å². The van der Waals surface area contributed by atoms with Crippen molar-refractivity contribution in [2.75, 3.05) is 5.73 Å². The van der Waals surface area contributed by atoms with Gasteiger partial charge in [-0.05, 0) is 40.0 Å². The molecular weight excluding hydrogens is 306 g/mol. The number of aromatic nitrogens is 4. The van der Waals surface area contributed by atoms with Crippen LogP contribution in [0.25, 0.3) is 6.08 Å². The number of anilines is 1. The van der Waals surface area contributed by atoms with E-state index >= 15 is 0 Å². The quantitative estimate of drug-likeness (QED) is 0.618. The first kappa shape index (κ1) is 17.3. The van der Waals surface area contributed by atoms with Gasteiger partial charge >= 0.3 is 0 Å². The summed E-state index contributed by atoms with van der Waals surface area (Å²) in [6, 6.07) is 8.34. The Labute approximate surface area is 140 Å². The van der Waals surface area contributed by atoms with E-state index in [1.165, 1.54) is 10.2 Å². The zero-order valence-corrected chi connectivity index (χ0v) is 14.0. The molecule has 2 rings (SSSR count). The van der Waals surface area contributed by atoms with Gasteiger partial charge in [-0.2, -0.15) is 5.10 Å². The molecule has 1 aromatic carbocycles. The molecule has 1 aromatic heterocycles. The number of amides is 1. The van der Waals surface area contributed by atoms with Crippen molar-refractivity contribution in [3.05, 3.63) is 41.0 Å². The summed E-state index contributed by atoms with van der Waals surface area (Å²) in [5, 5.41) is 14.3. The molecule has 0 aliphatic heterocycles. The maximum Gasteiger partial charge on any atom is 0.261 e. The summed E-state index contributed by atoms with van der Waals surface area (Å²) in [7, 11) is 0. The van der Waals surface area contributed by atoms with E-state index in [2.05, 4.69) is 64.2 Å². The Bertz CT molecular complexity index is 744. The minimum absolute atomic E-state index is 0.0788. The maximum absolute atomic E-state index is 11.7. The van der Waals surface area contributed by atoms with Crippen LogP contribution in [0.4, 0.5) is 5.95 Å². The summed E-state index contributed by atoms with van der Waals surface area (Å²) in [5.41, 5.74) is 11.2. The fourth-order valence-corrected chi connectivity index (χ4v) is 1.98. The van der Waals surface area contributed by atoms with Crippen molar-refractivity contribution in [1.82, 2.24) is 25.6 Å². The van der Waals surface area contributed by atoms with Gasteiger partial charge in [0.05, 0.1) is 6.21 Å². The molecule has 0 bridgehead atoms. The number of benzene rings is 1. The Kier molecular flexibility index (Phi) is 5.78. The van der Waals surface area contributed by atoms with Crippen molar-refractivity contribution < 1.29 is 4.79 Å². The number of carbonyl (C=O) groups is 1. The number of nitrogens with one attached hydrogen (secondary N) is 1. The highest BCUT2D eigenvalue weighted by molar-refractivity contribution is 5.86. The molecule has 2 aromatic rings. The summed E-state index contributed by atoms with van der Waals surface area (Å²) in [6.07, 6.45) is 3.57. The molecule has 8 heteroatoms. The zero-order valence-electron chi connectivity index (χ0n) is 14.0. The van der Waals surface area contributed by atoms with Crippen molar-refractivity contribution >= 4 is 24.1 Å². The number of nitrogens with zero attached hydrogens (tertiary/aromatic N) is 5. The van der Waals surface area contributed by atoms with E-state index in [1.807, 2.05) is 13.0 Å². The lowest BCUT2D eigenvalue weighted by molar-refractivity contribution is -0.121. The predicted molar refractivity (Wildman–Crippen MR) is 93.0 cm³/mol. The Balaban J connectivity index is 1.88. The molecule has 0 spiro atoms. The van der Waals surface area contributed by atoms with Crippen LogP contribution in [0.15, 0.2) is 34.9 Å². The number of allylic oxidation sites excluding steroid dienone is 1. The van der Waals surface area contributed by atoms with Gasteiger partial charge in [0.1, 0.15) is 6.54 Å². The second-order valence-electron chi connectivity index (χ2n) is 5.70. The second-order valence-corrected chi connectivity index (χ2v) is 5.70. The molecule has 1 heterocycles. The van der Waals surface area contributed by atoms with Gasteiger partial charge in [0.25, 0.3) is 5.91 Å². The van der Waals surface area contributed by atoms with Crippen LogP contribution < -0.4 is 11.2 Å². The van der Waals surface area contributed by atoms with Gasteiger partial charge in [-0.25, -0.2) is 10.1 Å². The number of tetrazole rings is 1. The van der Waals surface area contributed by atoms with E-state index in [0.29, 0.717) is 5.92 Å². The van der Waals surface area contributed by atoms with Crippen LogP contribution >= 0.6 is 0 Å². The van der Waals surface area contributed by atoms with Gasteiger partial charge in [-0.3, -0.25) is 4.79 Å². The van der Waals surface area contributed by atoms with Crippen LogP contribution in [0, 0.1) is 0 Å². The number of nitrogen functional groups attached to an aromatic ring is 1. The number of nitrogens with two attached hydrogens (primary N) is 1. The first-order valence-corrected chi connectivity index (χ1v) is 7.57. The third kappa shape index (κ3) is 5.01. The summed E-state index contributed by atoms with van der Waals surface area (Å²) in [4.78, 5) is 11.7. The fourth-order valence-electron chi connectivity index (χ4n) is 1.98. The lowest BCUT2D eigenvalue weighted by Crippen LogP contribution is -2.24. The van der Waals surface area contributed by atoms with Gasteiger partial charge in [0.2, 0.25) is 5.95 Å². The largest absolute Gasteiger partial charge is 0.367 e. The van der Waals surface area contributed by atoms with E-state index in [-0.39, 0.29) is 18.4 Å². The molecule has 126 valence electrons. The van der Waals surface area contributed by atoms with Crippen LogP contribution in [0.5, 0.6) is 0 Å². The first-order valence-electron chi connectivity index (χ1n) is 7.57.